The Kier molecular flexibility index (Phi) is 4.65. The number of nitrogens with zero attached hydrogens (tertiary/aromatic N) is 1. The molecule has 1 aliphatic heterocycles. The van der Waals surface area contributed by atoms with Crippen LogP contribution in [0.25, 0.3) is 0 Å². The van der Waals surface area contributed by atoms with Crippen LogP contribution in [0.5, 0.6) is 5.75 Å². The first-order valence-corrected chi connectivity index (χ1v) is 9.15. The Morgan fingerprint density at radius 3 is 2.64 bits per heavy atom. The highest BCUT2D eigenvalue weighted by Crippen LogP contribution is 2.32. The molecule has 0 aliphatic carbocycles. The molecule has 3 rings (SSSR count). The van der Waals surface area contributed by atoms with Crippen LogP contribution in [-0.4, -0.2) is 39.7 Å². The summed E-state index contributed by atoms with van der Waals surface area (Å²) in [5.41, 5.74) is 1.57. The zero-order valence-electron chi connectivity index (χ0n) is 13.6. The molecule has 2 aromatic carbocycles. The fourth-order valence-electron chi connectivity index (χ4n) is 2.52. The van der Waals surface area contributed by atoms with Crippen LogP contribution in [0.4, 0.5) is 5.69 Å². The normalized spacial score (nSPS) is 13.9. The molecule has 0 saturated carbocycles. The van der Waals surface area contributed by atoms with E-state index in [0.717, 1.165) is 5.69 Å². The third kappa shape index (κ3) is 3.75. The molecule has 7 nitrogen and oxygen atoms in total. The van der Waals surface area contributed by atoms with Crippen LogP contribution in [0, 0.1) is 0 Å². The van der Waals surface area contributed by atoms with Gasteiger partial charge in [0.25, 0.3) is 0 Å². The average molecular weight is 362 g/mol. The number of hydrogen-bond acceptors (Lipinski definition) is 5. The molecule has 2 aromatic rings. The Morgan fingerprint density at radius 1 is 1.24 bits per heavy atom. The number of sulfonamides is 1. The maximum Gasteiger partial charge on any atom is 0.335 e. The van der Waals surface area contributed by atoms with Gasteiger partial charge in [-0.1, -0.05) is 12.1 Å². The van der Waals surface area contributed by atoms with Crippen molar-refractivity contribution in [1.82, 2.24) is 4.72 Å². The van der Waals surface area contributed by atoms with E-state index in [1.807, 2.05) is 11.9 Å². The van der Waals surface area contributed by atoms with Crippen LogP contribution in [-0.2, 0) is 16.6 Å². The van der Waals surface area contributed by atoms with E-state index in [2.05, 4.69) is 4.72 Å². The fourth-order valence-corrected chi connectivity index (χ4v) is 3.56. The second kappa shape index (κ2) is 6.73. The Bertz CT molecular complexity index is 894. The van der Waals surface area contributed by atoms with Crippen LogP contribution >= 0.6 is 0 Å². The van der Waals surface area contributed by atoms with Gasteiger partial charge in [-0.25, -0.2) is 17.9 Å². The molecular weight excluding hydrogens is 344 g/mol. The molecule has 25 heavy (non-hydrogen) atoms. The lowest BCUT2D eigenvalue weighted by Gasteiger charge is -2.28. The third-order valence-corrected chi connectivity index (χ3v) is 5.40. The molecule has 0 spiro atoms. The highest BCUT2D eigenvalue weighted by Gasteiger charge is 2.20. The highest BCUT2D eigenvalue weighted by molar-refractivity contribution is 7.89. The second-order valence-corrected chi connectivity index (χ2v) is 7.49. The minimum Gasteiger partial charge on any atom is -0.490 e. The fraction of sp³-hybridized carbons (Fsp3) is 0.235. The van der Waals surface area contributed by atoms with E-state index in [-0.39, 0.29) is 17.0 Å². The summed E-state index contributed by atoms with van der Waals surface area (Å²) in [6.45, 7) is 1.34. The van der Waals surface area contributed by atoms with Gasteiger partial charge in [0, 0.05) is 13.6 Å². The van der Waals surface area contributed by atoms with Crippen molar-refractivity contribution in [2.24, 2.45) is 0 Å². The number of carboxylic acids is 1. The van der Waals surface area contributed by atoms with E-state index < -0.39 is 16.0 Å². The number of nitrogens with one attached hydrogen (secondary N) is 1. The molecule has 0 amide bonds. The summed E-state index contributed by atoms with van der Waals surface area (Å²) in [6.07, 6.45) is 0. The van der Waals surface area contributed by atoms with Crippen molar-refractivity contribution in [2.75, 3.05) is 25.1 Å². The van der Waals surface area contributed by atoms with Crippen LogP contribution in [0.15, 0.2) is 47.4 Å². The molecule has 0 radical (unpaired) electrons. The Hall–Kier alpha value is -2.58. The van der Waals surface area contributed by atoms with Gasteiger partial charge in [-0.05, 0) is 35.9 Å². The van der Waals surface area contributed by atoms with Gasteiger partial charge in [0.1, 0.15) is 12.4 Å². The lowest BCUT2D eigenvalue weighted by Crippen LogP contribution is -2.29. The molecule has 0 saturated heterocycles. The van der Waals surface area contributed by atoms with Crippen molar-refractivity contribution in [3.63, 3.8) is 0 Å². The van der Waals surface area contributed by atoms with Crippen LogP contribution in [0.2, 0.25) is 0 Å². The van der Waals surface area contributed by atoms with Crippen molar-refractivity contribution < 1.29 is 23.1 Å². The number of aromatic carboxylic acids is 1. The molecule has 0 fully saturated rings. The van der Waals surface area contributed by atoms with Crippen molar-refractivity contribution in [3.05, 3.63) is 53.6 Å². The average Bonchev–Trinajstić information content (AvgIpc) is 2.60. The lowest BCUT2D eigenvalue weighted by molar-refractivity contribution is 0.0697. The third-order valence-electron chi connectivity index (χ3n) is 4.00. The minimum atomic E-state index is -3.69. The zero-order valence-corrected chi connectivity index (χ0v) is 14.4. The summed E-state index contributed by atoms with van der Waals surface area (Å²) in [6, 6.07) is 10.8. The van der Waals surface area contributed by atoms with E-state index in [1.165, 1.54) is 18.2 Å². The number of carboxylic acid groups (broad SMARTS) is 1. The zero-order chi connectivity index (χ0) is 18.0. The smallest absolute Gasteiger partial charge is 0.335 e. The van der Waals surface area contributed by atoms with Gasteiger partial charge in [0.15, 0.2) is 0 Å². The Labute approximate surface area is 145 Å². The number of fused-ring (bicyclic) bond motifs is 1. The lowest BCUT2D eigenvalue weighted by atomic mass is 10.1. The molecule has 0 atom stereocenters. The number of hydrogen-bond donors (Lipinski definition) is 2. The molecule has 8 heteroatoms. The first kappa shape index (κ1) is 17.2. The predicted octanol–water partition coefficient (Wildman–Crippen LogP) is 1.69. The molecule has 1 aliphatic rings. The molecule has 132 valence electrons. The molecule has 1 heterocycles. The Morgan fingerprint density at radius 2 is 1.96 bits per heavy atom. The van der Waals surface area contributed by atoms with Gasteiger partial charge in [-0.2, -0.15) is 0 Å². The van der Waals surface area contributed by atoms with Crippen LogP contribution in [0.3, 0.4) is 0 Å². The number of rotatable bonds is 5. The summed E-state index contributed by atoms with van der Waals surface area (Å²) < 4.78 is 33.1. The maximum absolute atomic E-state index is 12.5. The van der Waals surface area contributed by atoms with Crippen molar-refractivity contribution in [1.29, 1.82) is 0 Å². The SMILES string of the molecule is CN1CCOc2ccc(S(=O)(=O)NCc3ccc(C(=O)O)cc3)cc21. The number of ether oxygens (including phenoxy) is 1. The van der Waals surface area contributed by atoms with Gasteiger partial charge >= 0.3 is 5.97 Å². The summed E-state index contributed by atoms with van der Waals surface area (Å²) >= 11 is 0. The number of benzene rings is 2. The van der Waals surface area contributed by atoms with Crippen LogP contribution < -0.4 is 14.4 Å². The van der Waals surface area contributed by atoms with Crippen molar-refractivity contribution >= 4 is 21.7 Å². The summed E-state index contributed by atoms with van der Waals surface area (Å²) in [4.78, 5) is 12.9. The van der Waals surface area contributed by atoms with E-state index in [1.54, 1.807) is 24.3 Å². The van der Waals surface area contributed by atoms with Gasteiger partial charge in [0.2, 0.25) is 10.0 Å². The van der Waals surface area contributed by atoms with Crippen molar-refractivity contribution in [2.45, 2.75) is 11.4 Å². The standard InChI is InChI=1S/C17H18N2O5S/c1-19-8-9-24-16-7-6-14(10-15(16)19)25(22,23)18-11-12-2-4-13(5-3-12)17(20)21/h2-7,10,18H,8-9,11H2,1H3,(H,20,21). The molecule has 2 N–H and O–H groups in total. The monoisotopic (exact) mass is 362 g/mol. The summed E-state index contributed by atoms with van der Waals surface area (Å²) in [7, 11) is -1.81. The largest absolute Gasteiger partial charge is 0.490 e. The molecule has 0 aromatic heterocycles. The summed E-state index contributed by atoms with van der Waals surface area (Å²) in [5, 5.41) is 8.88. The minimum absolute atomic E-state index is 0.0751. The quantitative estimate of drug-likeness (QED) is 0.840. The molecular formula is C17H18N2O5S. The first-order chi connectivity index (χ1) is 11.9. The van der Waals surface area contributed by atoms with Gasteiger partial charge in [-0.15, -0.1) is 0 Å². The Balaban J connectivity index is 1.76. The molecule has 0 bridgehead atoms. The van der Waals surface area contributed by atoms with E-state index >= 15 is 0 Å². The topological polar surface area (TPSA) is 95.9 Å². The maximum atomic E-state index is 12.5. The van der Waals surface area contributed by atoms with Gasteiger partial charge in [-0.3, -0.25) is 0 Å². The van der Waals surface area contributed by atoms with E-state index in [4.69, 9.17) is 9.84 Å². The first-order valence-electron chi connectivity index (χ1n) is 7.67. The number of carbonyl (C=O) groups is 1. The van der Waals surface area contributed by atoms with E-state index in [9.17, 15) is 13.2 Å². The molecule has 0 unspecified atom stereocenters. The van der Waals surface area contributed by atoms with E-state index in [0.29, 0.717) is 24.5 Å². The second-order valence-electron chi connectivity index (χ2n) is 5.73. The van der Waals surface area contributed by atoms with Gasteiger partial charge < -0.3 is 14.7 Å². The number of likely N-dealkylation sites (N-methyl/N-ethyl adjacent to an activating group) is 1. The van der Waals surface area contributed by atoms with Crippen molar-refractivity contribution in [3.8, 4) is 5.75 Å². The predicted molar refractivity (Wildman–Crippen MR) is 92.6 cm³/mol. The highest BCUT2D eigenvalue weighted by atomic mass is 32.2. The number of anilines is 1. The van der Waals surface area contributed by atoms with Gasteiger partial charge in [0.05, 0.1) is 22.7 Å². The summed E-state index contributed by atoms with van der Waals surface area (Å²) in [5.74, 6) is -0.357. The van der Waals surface area contributed by atoms with Crippen LogP contribution in [0.1, 0.15) is 15.9 Å².